The van der Waals surface area contributed by atoms with Crippen molar-refractivity contribution >= 4 is 33.3 Å². The van der Waals surface area contributed by atoms with Gasteiger partial charge in [-0.15, -0.1) is 0 Å². The van der Waals surface area contributed by atoms with Crippen LogP contribution in [0, 0.1) is 0 Å². The van der Waals surface area contributed by atoms with Crippen LogP contribution in [0.15, 0.2) is 39.5 Å². The lowest BCUT2D eigenvalue weighted by Gasteiger charge is -2.17. The van der Waals surface area contributed by atoms with E-state index in [-0.39, 0.29) is 12.6 Å². The highest BCUT2D eigenvalue weighted by molar-refractivity contribution is 9.10. The molecule has 0 bridgehead atoms. The summed E-state index contributed by atoms with van der Waals surface area (Å²) in [4.78, 5) is 4.20. The van der Waals surface area contributed by atoms with Gasteiger partial charge in [-0.3, -0.25) is 0 Å². The number of pyridine rings is 1. The average molecular weight is 332 g/mol. The van der Waals surface area contributed by atoms with Gasteiger partial charge in [-0.05, 0) is 40.5 Å². The van der Waals surface area contributed by atoms with Crippen molar-refractivity contribution in [3.63, 3.8) is 0 Å². The molecule has 6 heteroatoms. The molecule has 0 aliphatic rings. The Kier molecular flexibility index (Phi) is 4.63. The zero-order chi connectivity index (χ0) is 13.0. The average Bonchev–Trinajstić information content (AvgIpc) is 2.85. The van der Waals surface area contributed by atoms with Crippen LogP contribution in [-0.4, -0.2) is 16.7 Å². The van der Waals surface area contributed by atoms with E-state index in [9.17, 15) is 0 Å². The minimum absolute atomic E-state index is 0.0481. The van der Waals surface area contributed by atoms with E-state index in [0.717, 1.165) is 10.2 Å². The fourth-order valence-electron chi connectivity index (χ4n) is 1.59. The number of anilines is 1. The van der Waals surface area contributed by atoms with Gasteiger partial charge in [-0.25, -0.2) is 4.98 Å². The van der Waals surface area contributed by atoms with Gasteiger partial charge >= 0.3 is 0 Å². The second kappa shape index (κ2) is 6.22. The Morgan fingerprint density at radius 2 is 2.39 bits per heavy atom. The van der Waals surface area contributed by atoms with Crippen molar-refractivity contribution < 1.29 is 9.52 Å². The van der Waals surface area contributed by atoms with E-state index >= 15 is 0 Å². The highest BCUT2D eigenvalue weighted by Gasteiger charge is 2.15. The molecule has 2 aromatic heterocycles. The molecule has 0 aromatic carbocycles. The SMILES string of the molecule is OCCC(Nc1ncc(Br)cc1Cl)c1ccco1. The number of hydrogen-bond donors (Lipinski definition) is 2. The molecule has 0 aliphatic carbocycles. The number of aliphatic hydroxyl groups is 1. The summed E-state index contributed by atoms with van der Waals surface area (Å²) in [6.07, 6.45) is 3.77. The fourth-order valence-corrected chi connectivity index (χ4v) is 2.27. The molecule has 0 spiro atoms. The highest BCUT2D eigenvalue weighted by atomic mass is 79.9. The van der Waals surface area contributed by atoms with Gasteiger partial charge in [0.2, 0.25) is 0 Å². The maximum absolute atomic E-state index is 9.08. The first kappa shape index (κ1) is 13.4. The maximum atomic E-state index is 9.08. The van der Waals surface area contributed by atoms with Crippen molar-refractivity contribution in [1.29, 1.82) is 0 Å². The second-order valence-corrected chi connectivity index (χ2v) is 5.03. The summed E-state index contributed by atoms with van der Waals surface area (Å²) in [6, 6.07) is 5.25. The molecule has 0 saturated carbocycles. The van der Waals surface area contributed by atoms with Gasteiger partial charge in [0, 0.05) is 17.3 Å². The zero-order valence-electron chi connectivity index (χ0n) is 9.44. The molecule has 0 aliphatic heterocycles. The number of aliphatic hydroxyl groups excluding tert-OH is 1. The Morgan fingerprint density at radius 3 is 3.00 bits per heavy atom. The topological polar surface area (TPSA) is 58.3 Å². The van der Waals surface area contributed by atoms with E-state index in [0.29, 0.717) is 17.3 Å². The molecule has 18 heavy (non-hydrogen) atoms. The van der Waals surface area contributed by atoms with Crippen molar-refractivity contribution in [2.75, 3.05) is 11.9 Å². The van der Waals surface area contributed by atoms with Gasteiger partial charge in [0.05, 0.1) is 17.3 Å². The smallest absolute Gasteiger partial charge is 0.145 e. The van der Waals surface area contributed by atoms with Crippen LogP contribution in [0.4, 0.5) is 5.82 Å². The lowest BCUT2D eigenvalue weighted by Crippen LogP contribution is -2.13. The lowest BCUT2D eigenvalue weighted by molar-refractivity contribution is 0.273. The molecule has 96 valence electrons. The summed E-state index contributed by atoms with van der Waals surface area (Å²) in [5.41, 5.74) is 0. The van der Waals surface area contributed by atoms with Crippen molar-refractivity contribution in [2.24, 2.45) is 0 Å². The molecule has 1 atom stereocenters. The summed E-state index contributed by atoms with van der Waals surface area (Å²) in [7, 11) is 0. The Bertz CT molecular complexity index is 505. The van der Waals surface area contributed by atoms with Gasteiger partial charge in [0.15, 0.2) is 0 Å². The summed E-state index contributed by atoms with van der Waals surface area (Å²) in [5, 5.41) is 12.8. The van der Waals surface area contributed by atoms with Crippen LogP contribution < -0.4 is 5.32 Å². The minimum Gasteiger partial charge on any atom is -0.467 e. The molecule has 2 rings (SSSR count). The van der Waals surface area contributed by atoms with Gasteiger partial charge in [0.1, 0.15) is 11.6 Å². The molecule has 0 fully saturated rings. The molecule has 2 heterocycles. The van der Waals surface area contributed by atoms with Crippen molar-refractivity contribution in [1.82, 2.24) is 4.98 Å². The van der Waals surface area contributed by atoms with Crippen LogP contribution in [-0.2, 0) is 0 Å². The Labute approximate surface area is 118 Å². The molecular formula is C12H12BrClN2O2. The summed E-state index contributed by atoms with van der Waals surface area (Å²) < 4.78 is 6.14. The summed E-state index contributed by atoms with van der Waals surface area (Å²) >= 11 is 9.39. The summed E-state index contributed by atoms with van der Waals surface area (Å²) in [6.45, 7) is 0.0481. The molecule has 0 saturated heterocycles. The van der Waals surface area contributed by atoms with Crippen LogP contribution in [0.2, 0.25) is 5.02 Å². The third-order valence-corrected chi connectivity index (χ3v) is 3.14. The Balaban J connectivity index is 2.18. The number of nitrogens with one attached hydrogen (secondary N) is 1. The monoisotopic (exact) mass is 330 g/mol. The van der Waals surface area contributed by atoms with E-state index < -0.39 is 0 Å². The summed E-state index contributed by atoms with van der Waals surface area (Å²) in [5.74, 6) is 1.31. The Morgan fingerprint density at radius 1 is 1.56 bits per heavy atom. The molecule has 0 radical (unpaired) electrons. The van der Waals surface area contributed by atoms with Crippen molar-refractivity contribution in [2.45, 2.75) is 12.5 Å². The number of aromatic nitrogens is 1. The number of halogens is 2. The number of furan rings is 1. The van der Waals surface area contributed by atoms with E-state index in [1.807, 2.05) is 6.07 Å². The molecular weight excluding hydrogens is 320 g/mol. The number of rotatable bonds is 5. The van der Waals surface area contributed by atoms with Crippen molar-refractivity contribution in [3.05, 3.63) is 45.9 Å². The third-order valence-electron chi connectivity index (χ3n) is 2.42. The molecule has 2 N–H and O–H groups in total. The first-order valence-corrected chi connectivity index (χ1v) is 6.59. The van der Waals surface area contributed by atoms with E-state index in [2.05, 4.69) is 26.2 Å². The molecule has 1 unspecified atom stereocenters. The zero-order valence-corrected chi connectivity index (χ0v) is 11.8. The third kappa shape index (κ3) is 3.25. The second-order valence-electron chi connectivity index (χ2n) is 3.71. The number of nitrogens with zero attached hydrogens (tertiary/aromatic N) is 1. The Hall–Kier alpha value is -1.04. The standard InChI is InChI=1S/C12H12BrClN2O2/c13-8-6-9(14)12(15-7-8)16-10(3-4-17)11-2-1-5-18-11/h1-2,5-7,10,17H,3-4H2,(H,15,16). The minimum atomic E-state index is -0.156. The maximum Gasteiger partial charge on any atom is 0.145 e. The number of hydrogen-bond acceptors (Lipinski definition) is 4. The van der Waals surface area contributed by atoms with Crippen molar-refractivity contribution in [3.8, 4) is 0 Å². The predicted octanol–water partition coefficient (Wildman–Crippen LogP) is 3.63. The lowest BCUT2D eigenvalue weighted by atomic mass is 10.1. The van der Waals surface area contributed by atoms with Crippen LogP contribution in [0.3, 0.4) is 0 Å². The fraction of sp³-hybridized carbons (Fsp3) is 0.250. The first-order valence-electron chi connectivity index (χ1n) is 5.42. The van der Waals surface area contributed by atoms with E-state index in [1.165, 1.54) is 0 Å². The van der Waals surface area contributed by atoms with Crippen LogP contribution in [0.25, 0.3) is 0 Å². The van der Waals surface area contributed by atoms with Crippen LogP contribution in [0.5, 0.6) is 0 Å². The van der Waals surface area contributed by atoms with Crippen LogP contribution in [0.1, 0.15) is 18.2 Å². The quantitative estimate of drug-likeness (QED) is 0.878. The van der Waals surface area contributed by atoms with E-state index in [1.54, 1.807) is 24.6 Å². The van der Waals surface area contributed by atoms with Gasteiger partial charge in [-0.1, -0.05) is 11.6 Å². The first-order chi connectivity index (χ1) is 8.70. The van der Waals surface area contributed by atoms with Gasteiger partial charge in [0.25, 0.3) is 0 Å². The van der Waals surface area contributed by atoms with Gasteiger partial charge in [-0.2, -0.15) is 0 Å². The highest BCUT2D eigenvalue weighted by Crippen LogP contribution is 2.28. The molecule has 2 aromatic rings. The predicted molar refractivity (Wildman–Crippen MR) is 73.7 cm³/mol. The normalized spacial score (nSPS) is 12.4. The molecule has 0 amide bonds. The largest absolute Gasteiger partial charge is 0.467 e. The van der Waals surface area contributed by atoms with E-state index in [4.69, 9.17) is 21.1 Å². The molecule has 4 nitrogen and oxygen atoms in total. The van der Waals surface area contributed by atoms with Gasteiger partial charge < -0.3 is 14.8 Å². The van der Waals surface area contributed by atoms with Crippen LogP contribution >= 0.6 is 27.5 Å².